The van der Waals surface area contributed by atoms with E-state index in [1.807, 2.05) is 30.3 Å². The summed E-state index contributed by atoms with van der Waals surface area (Å²) in [4.78, 5) is 20.7. The molecule has 3 atom stereocenters. The summed E-state index contributed by atoms with van der Waals surface area (Å²) in [6.45, 7) is 8.51. The Hall–Kier alpha value is -3.18. The molecule has 0 aliphatic carbocycles. The first kappa shape index (κ1) is 24.5. The van der Waals surface area contributed by atoms with Crippen LogP contribution in [0, 0.1) is 11.7 Å². The number of benzene rings is 3. The van der Waals surface area contributed by atoms with Crippen molar-refractivity contribution >= 4 is 11.6 Å². The highest BCUT2D eigenvalue weighted by Gasteiger charge is 2.39. The molecule has 1 amide bonds. The molecular formula is C31H36FN3O. The van der Waals surface area contributed by atoms with Crippen LogP contribution >= 0.6 is 0 Å². The van der Waals surface area contributed by atoms with Crippen LogP contribution in [0.2, 0.25) is 0 Å². The van der Waals surface area contributed by atoms with Crippen molar-refractivity contribution in [2.75, 3.05) is 50.7 Å². The van der Waals surface area contributed by atoms with Gasteiger partial charge in [-0.05, 0) is 47.7 Å². The Morgan fingerprint density at radius 3 is 2.14 bits per heavy atom. The van der Waals surface area contributed by atoms with Crippen LogP contribution in [-0.2, 0) is 4.79 Å². The normalized spacial score (nSPS) is 21.5. The molecule has 2 aliphatic rings. The Kier molecular flexibility index (Phi) is 7.66. The summed E-state index contributed by atoms with van der Waals surface area (Å²) >= 11 is 0. The maximum Gasteiger partial charge on any atom is 0.230 e. The molecule has 0 radical (unpaired) electrons. The summed E-state index contributed by atoms with van der Waals surface area (Å²) in [6, 6.07) is 27.7. The predicted molar refractivity (Wildman–Crippen MR) is 144 cm³/mol. The Labute approximate surface area is 214 Å². The number of carbonyl (C=O) groups excluding carboxylic acids is 1. The SMILES string of the molecule is CCC(C(=O)N1CC(CN2CCN(c3ccc(F)cc3)CC2)C(c2ccccc2)C1)c1ccccc1. The Bertz CT molecular complexity index is 1110. The fraction of sp³-hybridized carbons (Fsp3) is 0.387. The van der Waals surface area contributed by atoms with E-state index >= 15 is 0 Å². The fourth-order valence-electron chi connectivity index (χ4n) is 5.94. The third-order valence-corrected chi connectivity index (χ3v) is 7.95. The zero-order valence-electron chi connectivity index (χ0n) is 21.1. The summed E-state index contributed by atoms with van der Waals surface area (Å²) in [5.41, 5.74) is 3.53. The Balaban J connectivity index is 1.27. The first-order chi connectivity index (χ1) is 17.6. The third kappa shape index (κ3) is 5.46. The number of hydrogen-bond donors (Lipinski definition) is 0. The summed E-state index contributed by atoms with van der Waals surface area (Å²) < 4.78 is 13.3. The van der Waals surface area contributed by atoms with Gasteiger partial charge in [0.1, 0.15) is 5.82 Å². The van der Waals surface area contributed by atoms with E-state index in [0.29, 0.717) is 11.8 Å². The Morgan fingerprint density at radius 2 is 1.50 bits per heavy atom. The lowest BCUT2D eigenvalue weighted by molar-refractivity contribution is -0.132. The summed E-state index contributed by atoms with van der Waals surface area (Å²) in [6.07, 6.45) is 0.811. The van der Waals surface area contributed by atoms with Gasteiger partial charge in [-0.15, -0.1) is 0 Å². The van der Waals surface area contributed by atoms with Crippen molar-refractivity contribution in [3.8, 4) is 0 Å². The molecule has 0 bridgehead atoms. The fourth-order valence-corrected chi connectivity index (χ4v) is 5.94. The molecule has 36 heavy (non-hydrogen) atoms. The number of anilines is 1. The second kappa shape index (κ2) is 11.3. The molecule has 0 N–H and O–H groups in total. The van der Waals surface area contributed by atoms with Crippen LogP contribution in [0.15, 0.2) is 84.9 Å². The molecule has 3 aromatic rings. The molecule has 3 aromatic carbocycles. The van der Waals surface area contributed by atoms with Crippen LogP contribution < -0.4 is 4.90 Å². The van der Waals surface area contributed by atoms with E-state index in [2.05, 4.69) is 64.1 Å². The average molecular weight is 486 g/mol. The predicted octanol–water partition coefficient (Wildman–Crippen LogP) is 5.38. The number of rotatable bonds is 7. The van der Waals surface area contributed by atoms with Gasteiger partial charge in [-0.3, -0.25) is 9.69 Å². The zero-order chi connectivity index (χ0) is 24.9. The van der Waals surface area contributed by atoms with Gasteiger partial charge in [0.25, 0.3) is 0 Å². The van der Waals surface area contributed by atoms with Gasteiger partial charge in [-0.25, -0.2) is 4.39 Å². The van der Waals surface area contributed by atoms with Crippen molar-refractivity contribution in [1.29, 1.82) is 0 Å². The highest BCUT2D eigenvalue weighted by molar-refractivity contribution is 5.84. The maximum absolute atomic E-state index is 13.7. The molecule has 2 aliphatic heterocycles. The van der Waals surface area contributed by atoms with E-state index in [1.54, 1.807) is 0 Å². The molecule has 2 saturated heterocycles. The maximum atomic E-state index is 13.7. The molecule has 5 heteroatoms. The van der Waals surface area contributed by atoms with Crippen LogP contribution in [0.5, 0.6) is 0 Å². The standard InChI is InChI=1S/C31H36FN3O/c1-2-29(24-9-5-3-6-10-24)31(36)35-22-26(30(23-35)25-11-7-4-8-12-25)21-33-17-19-34(20-18-33)28-15-13-27(32)14-16-28/h3-16,26,29-30H,2,17-23H2,1H3. The lowest BCUT2D eigenvalue weighted by atomic mass is 9.88. The van der Waals surface area contributed by atoms with Crippen LogP contribution in [0.25, 0.3) is 0 Å². The minimum atomic E-state index is -0.192. The lowest BCUT2D eigenvalue weighted by Crippen LogP contribution is -2.48. The number of carbonyl (C=O) groups is 1. The van der Waals surface area contributed by atoms with Crippen molar-refractivity contribution < 1.29 is 9.18 Å². The minimum absolute atomic E-state index is 0.0828. The molecule has 2 fully saturated rings. The van der Waals surface area contributed by atoms with E-state index in [0.717, 1.165) is 63.5 Å². The highest BCUT2D eigenvalue weighted by Crippen LogP contribution is 2.36. The van der Waals surface area contributed by atoms with Crippen molar-refractivity contribution in [1.82, 2.24) is 9.80 Å². The quantitative estimate of drug-likeness (QED) is 0.449. The molecule has 0 spiro atoms. The largest absolute Gasteiger partial charge is 0.369 e. The van der Waals surface area contributed by atoms with Gasteiger partial charge in [-0.2, -0.15) is 0 Å². The second-order valence-corrected chi connectivity index (χ2v) is 10.2. The number of nitrogens with zero attached hydrogens (tertiary/aromatic N) is 3. The lowest BCUT2D eigenvalue weighted by Gasteiger charge is -2.38. The first-order valence-corrected chi connectivity index (χ1v) is 13.2. The molecule has 188 valence electrons. The minimum Gasteiger partial charge on any atom is -0.369 e. The van der Waals surface area contributed by atoms with Crippen molar-refractivity contribution in [2.45, 2.75) is 25.2 Å². The number of amides is 1. The number of likely N-dealkylation sites (tertiary alicyclic amines) is 1. The van der Waals surface area contributed by atoms with Gasteiger partial charge in [0.2, 0.25) is 5.91 Å². The number of halogens is 1. The first-order valence-electron chi connectivity index (χ1n) is 13.2. The van der Waals surface area contributed by atoms with Gasteiger partial charge in [-0.1, -0.05) is 67.6 Å². The third-order valence-electron chi connectivity index (χ3n) is 7.95. The van der Waals surface area contributed by atoms with Crippen LogP contribution in [-0.4, -0.2) is 61.5 Å². The average Bonchev–Trinajstić information content (AvgIpc) is 3.35. The molecule has 0 saturated carbocycles. The van der Waals surface area contributed by atoms with E-state index in [-0.39, 0.29) is 17.6 Å². The van der Waals surface area contributed by atoms with Crippen molar-refractivity contribution in [3.05, 3.63) is 102 Å². The Morgan fingerprint density at radius 1 is 0.861 bits per heavy atom. The van der Waals surface area contributed by atoms with Gasteiger partial charge in [0, 0.05) is 57.4 Å². The van der Waals surface area contributed by atoms with E-state index < -0.39 is 0 Å². The van der Waals surface area contributed by atoms with Crippen molar-refractivity contribution in [2.24, 2.45) is 5.92 Å². The van der Waals surface area contributed by atoms with E-state index in [4.69, 9.17) is 0 Å². The number of piperazine rings is 1. The van der Waals surface area contributed by atoms with Gasteiger partial charge >= 0.3 is 0 Å². The van der Waals surface area contributed by atoms with Crippen LogP contribution in [0.3, 0.4) is 0 Å². The van der Waals surface area contributed by atoms with Gasteiger partial charge in [0.05, 0.1) is 5.92 Å². The summed E-state index contributed by atoms with van der Waals surface area (Å²) in [7, 11) is 0. The molecule has 3 unspecified atom stereocenters. The second-order valence-electron chi connectivity index (χ2n) is 10.2. The molecule has 5 rings (SSSR count). The van der Waals surface area contributed by atoms with Crippen molar-refractivity contribution in [3.63, 3.8) is 0 Å². The topological polar surface area (TPSA) is 26.8 Å². The van der Waals surface area contributed by atoms with Gasteiger partial charge < -0.3 is 9.80 Å². The van der Waals surface area contributed by atoms with E-state index in [1.165, 1.54) is 17.7 Å². The monoisotopic (exact) mass is 485 g/mol. The molecular weight excluding hydrogens is 449 g/mol. The van der Waals surface area contributed by atoms with E-state index in [9.17, 15) is 9.18 Å². The van der Waals surface area contributed by atoms with Crippen LogP contribution in [0.1, 0.15) is 36.3 Å². The van der Waals surface area contributed by atoms with Crippen LogP contribution in [0.4, 0.5) is 10.1 Å². The van der Waals surface area contributed by atoms with Gasteiger partial charge in [0.15, 0.2) is 0 Å². The molecule has 4 nitrogen and oxygen atoms in total. The highest BCUT2D eigenvalue weighted by atomic mass is 19.1. The molecule has 0 aromatic heterocycles. The molecule has 2 heterocycles. The zero-order valence-corrected chi connectivity index (χ0v) is 21.1. The number of hydrogen-bond acceptors (Lipinski definition) is 3. The smallest absolute Gasteiger partial charge is 0.230 e. The summed E-state index contributed by atoms with van der Waals surface area (Å²) in [5.74, 6) is 0.733. The summed E-state index contributed by atoms with van der Waals surface area (Å²) in [5, 5.41) is 0.